The molecule has 0 radical (unpaired) electrons. The van der Waals surface area contributed by atoms with Crippen molar-refractivity contribution in [3.8, 4) is 0 Å². The SMILES string of the molecule is CC(C)(C)OC(=O)C(O)(CNS(=O)(=O)c1ccc([N+](=O)[O-])cc1)c1ccccc1. The van der Waals surface area contributed by atoms with Gasteiger partial charge in [0.15, 0.2) is 0 Å². The molecule has 9 nitrogen and oxygen atoms in total. The Kier molecular flexibility index (Phi) is 6.41. The Hall–Kier alpha value is -2.82. The molecular formula is C19H22N2O7S. The first kappa shape index (κ1) is 22.5. The third-order valence-corrected chi connectivity index (χ3v) is 5.28. The van der Waals surface area contributed by atoms with E-state index in [1.807, 2.05) is 0 Å². The third kappa shape index (κ3) is 5.59. The van der Waals surface area contributed by atoms with Gasteiger partial charge in [-0.2, -0.15) is 0 Å². The zero-order chi connectivity index (χ0) is 21.9. The average molecular weight is 422 g/mol. The minimum Gasteiger partial charge on any atom is -0.458 e. The van der Waals surface area contributed by atoms with Crippen LogP contribution in [0.5, 0.6) is 0 Å². The molecule has 0 aliphatic rings. The van der Waals surface area contributed by atoms with Crippen LogP contribution >= 0.6 is 0 Å². The largest absolute Gasteiger partial charge is 0.458 e. The van der Waals surface area contributed by atoms with E-state index in [0.29, 0.717) is 0 Å². The topological polar surface area (TPSA) is 136 Å². The van der Waals surface area contributed by atoms with Crippen molar-refractivity contribution in [1.29, 1.82) is 0 Å². The first-order chi connectivity index (χ1) is 13.3. The van der Waals surface area contributed by atoms with Gasteiger partial charge >= 0.3 is 5.97 Å². The smallest absolute Gasteiger partial charge is 0.344 e. The number of nitrogens with zero attached hydrogens (tertiary/aromatic N) is 1. The highest BCUT2D eigenvalue weighted by Crippen LogP contribution is 2.26. The number of non-ortho nitro benzene ring substituents is 1. The molecule has 2 aromatic carbocycles. The quantitative estimate of drug-likeness (QED) is 0.396. The fourth-order valence-electron chi connectivity index (χ4n) is 2.40. The van der Waals surface area contributed by atoms with Crippen molar-refractivity contribution in [3.05, 3.63) is 70.3 Å². The monoisotopic (exact) mass is 422 g/mol. The van der Waals surface area contributed by atoms with Crippen LogP contribution in [0.1, 0.15) is 26.3 Å². The number of esters is 1. The highest BCUT2D eigenvalue weighted by Gasteiger charge is 2.42. The van der Waals surface area contributed by atoms with E-state index in [2.05, 4.69) is 4.72 Å². The minimum atomic E-state index is -4.16. The van der Waals surface area contributed by atoms with E-state index in [1.165, 1.54) is 12.1 Å². The van der Waals surface area contributed by atoms with Crippen LogP contribution in [0.4, 0.5) is 5.69 Å². The molecule has 0 aromatic heterocycles. The molecule has 0 fully saturated rings. The molecule has 0 saturated carbocycles. The number of aliphatic hydroxyl groups is 1. The first-order valence-electron chi connectivity index (χ1n) is 8.61. The number of nitro groups is 1. The molecule has 0 amide bonds. The summed E-state index contributed by atoms with van der Waals surface area (Å²) >= 11 is 0. The predicted molar refractivity (Wildman–Crippen MR) is 104 cm³/mol. The molecule has 2 N–H and O–H groups in total. The number of hydrogen-bond acceptors (Lipinski definition) is 7. The van der Waals surface area contributed by atoms with Crippen molar-refractivity contribution < 1.29 is 28.0 Å². The molecule has 156 valence electrons. The van der Waals surface area contributed by atoms with E-state index < -0.39 is 38.7 Å². The summed E-state index contributed by atoms with van der Waals surface area (Å²) in [6.07, 6.45) is 0. The number of nitro benzene ring substituents is 1. The Morgan fingerprint density at radius 3 is 2.14 bits per heavy atom. The number of sulfonamides is 1. The second-order valence-electron chi connectivity index (χ2n) is 7.30. The zero-order valence-electron chi connectivity index (χ0n) is 16.2. The van der Waals surface area contributed by atoms with Crippen molar-refractivity contribution in [2.75, 3.05) is 6.54 Å². The van der Waals surface area contributed by atoms with Crippen molar-refractivity contribution in [2.24, 2.45) is 0 Å². The lowest BCUT2D eigenvalue weighted by atomic mass is 9.94. The summed E-state index contributed by atoms with van der Waals surface area (Å²) < 4.78 is 32.6. The second kappa shape index (κ2) is 8.27. The van der Waals surface area contributed by atoms with Gasteiger partial charge in [-0.05, 0) is 38.5 Å². The van der Waals surface area contributed by atoms with Gasteiger partial charge in [0.05, 0.1) is 16.4 Å². The van der Waals surface area contributed by atoms with Crippen LogP contribution in [0.25, 0.3) is 0 Å². The van der Waals surface area contributed by atoms with Gasteiger partial charge in [0.2, 0.25) is 15.6 Å². The predicted octanol–water partition coefficient (Wildman–Crippen LogP) is 2.10. The number of carbonyl (C=O) groups excluding carboxylic acids is 1. The average Bonchev–Trinajstić information content (AvgIpc) is 2.65. The van der Waals surface area contributed by atoms with Gasteiger partial charge in [0.1, 0.15) is 5.60 Å². The van der Waals surface area contributed by atoms with Crippen LogP contribution in [0.3, 0.4) is 0 Å². The molecule has 0 spiro atoms. The van der Waals surface area contributed by atoms with E-state index in [9.17, 15) is 28.4 Å². The number of hydrogen-bond donors (Lipinski definition) is 2. The molecule has 2 aromatic rings. The fraction of sp³-hybridized carbons (Fsp3) is 0.316. The highest BCUT2D eigenvalue weighted by atomic mass is 32.2. The van der Waals surface area contributed by atoms with Crippen LogP contribution in [0.15, 0.2) is 59.5 Å². The minimum absolute atomic E-state index is 0.153. The van der Waals surface area contributed by atoms with E-state index >= 15 is 0 Å². The molecule has 29 heavy (non-hydrogen) atoms. The summed E-state index contributed by atoms with van der Waals surface area (Å²) in [4.78, 5) is 22.5. The Morgan fingerprint density at radius 2 is 1.66 bits per heavy atom. The Labute approximate surface area is 168 Å². The van der Waals surface area contributed by atoms with Crippen molar-refractivity contribution in [2.45, 2.75) is 36.9 Å². The molecule has 10 heteroatoms. The Morgan fingerprint density at radius 1 is 1.10 bits per heavy atom. The molecule has 2 rings (SSSR count). The van der Waals surface area contributed by atoms with Gasteiger partial charge in [-0.1, -0.05) is 30.3 Å². The van der Waals surface area contributed by atoms with Gasteiger partial charge in [-0.25, -0.2) is 17.9 Å². The van der Waals surface area contributed by atoms with Crippen LogP contribution < -0.4 is 4.72 Å². The number of benzene rings is 2. The summed E-state index contributed by atoms with van der Waals surface area (Å²) in [5.74, 6) is -1.01. The first-order valence-corrected chi connectivity index (χ1v) is 10.1. The molecule has 0 heterocycles. The molecule has 0 aliphatic heterocycles. The summed E-state index contributed by atoms with van der Waals surface area (Å²) in [5, 5.41) is 21.8. The van der Waals surface area contributed by atoms with Crippen molar-refractivity contribution in [1.82, 2.24) is 4.72 Å². The summed E-state index contributed by atoms with van der Waals surface area (Å²) in [6, 6.07) is 12.0. The van der Waals surface area contributed by atoms with Gasteiger partial charge in [-0.15, -0.1) is 0 Å². The Bertz CT molecular complexity index is 983. The maximum Gasteiger partial charge on any atom is 0.344 e. The summed E-state index contributed by atoms with van der Waals surface area (Å²) in [5.41, 5.74) is -3.29. The van der Waals surface area contributed by atoms with Gasteiger partial charge in [0, 0.05) is 12.1 Å². The third-order valence-electron chi connectivity index (χ3n) is 3.86. The van der Waals surface area contributed by atoms with Crippen LogP contribution in [0.2, 0.25) is 0 Å². The lowest BCUT2D eigenvalue weighted by Crippen LogP contribution is -2.49. The highest BCUT2D eigenvalue weighted by molar-refractivity contribution is 7.89. The maximum absolute atomic E-state index is 12.7. The number of ether oxygens (including phenoxy) is 1. The van der Waals surface area contributed by atoms with Gasteiger partial charge in [0.25, 0.3) is 5.69 Å². The van der Waals surface area contributed by atoms with Crippen LogP contribution in [-0.4, -0.2) is 36.6 Å². The maximum atomic E-state index is 12.7. The molecule has 0 saturated heterocycles. The molecule has 1 atom stereocenters. The number of carbonyl (C=O) groups is 1. The van der Waals surface area contributed by atoms with Crippen molar-refractivity contribution in [3.63, 3.8) is 0 Å². The standard InChI is InChI=1S/C19H22N2O7S/c1-18(2,3)28-17(22)19(23,14-7-5-4-6-8-14)13-20-29(26,27)16-11-9-15(10-12-16)21(24)25/h4-12,20,23H,13H2,1-3H3. The summed E-state index contributed by atoms with van der Waals surface area (Å²) in [7, 11) is -4.16. The molecule has 1 unspecified atom stereocenters. The molecule has 0 bridgehead atoms. The van der Waals surface area contributed by atoms with Gasteiger partial charge < -0.3 is 9.84 Å². The van der Waals surface area contributed by atoms with E-state index in [1.54, 1.807) is 39.0 Å². The van der Waals surface area contributed by atoms with E-state index in [0.717, 1.165) is 24.3 Å². The molecular weight excluding hydrogens is 400 g/mol. The normalized spacial score (nSPS) is 14.1. The zero-order valence-corrected chi connectivity index (χ0v) is 17.0. The lowest BCUT2D eigenvalue weighted by Gasteiger charge is -2.30. The van der Waals surface area contributed by atoms with E-state index in [4.69, 9.17) is 4.74 Å². The number of nitrogens with one attached hydrogen (secondary N) is 1. The Balaban J connectivity index is 2.31. The van der Waals surface area contributed by atoms with E-state index in [-0.39, 0.29) is 16.1 Å². The molecule has 0 aliphatic carbocycles. The van der Waals surface area contributed by atoms with Gasteiger partial charge in [-0.3, -0.25) is 10.1 Å². The summed E-state index contributed by atoms with van der Waals surface area (Å²) in [6.45, 7) is 4.18. The second-order valence-corrected chi connectivity index (χ2v) is 9.07. The lowest BCUT2D eigenvalue weighted by molar-refractivity contribution is -0.384. The van der Waals surface area contributed by atoms with Crippen molar-refractivity contribution >= 4 is 21.7 Å². The van der Waals surface area contributed by atoms with Crippen LogP contribution in [0, 0.1) is 10.1 Å². The van der Waals surface area contributed by atoms with Crippen LogP contribution in [-0.2, 0) is 25.2 Å². The number of rotatable bonds is 7. The fourth-order valence-corrected chi connectivity index (χ4v) is 3.46.